The van der Waals surface area contributed by atoms with Gasteiger partial charge in [0.2, 0.25) is 10.0 Å². The number of benzene rings is 2. The quantitative estimate of drug-likeness (QED) is 0.381. The monoisotopic (exact) mass is 384 g/mol. The number of carbonyl (C=O) groups is 1. The Kier molecular flexibility index (Phi) is 6.71. The first-order chi connectivity index (χ1) is 12.8. The van der Waals surface area contributed by atoms with E-state index in [1.54, 1.807) is 0 Å². The summed E-state index contributed by atoms with van der Waals surface area (Å²) < 4.78 is 22.4. The number of aryl methyl sites for hydroxylation is 1. The topological polar surface area (TPSA) is 125 Å². The van der Waals surface area contributed by atoms with Gasteiger partial charge in [0.05, 0.1) is 4.90 Å². The number of anilines is 1. The van der Waals surface area contributed by atoms with Gasteiger partial charge in [-0.25, -0.2) is 13.6 Å². The summed E-state index contributed by atoms with van der Waals surface area (Å²) in [4.78, 5) is 12.1. The minimum absolute atomic E-state index is 0.0608. The van der Waals surface area contributed by atoms with E-state index in [-0.39, 0.29) is 10.5 Å². The Bertz CT molecular complexity index is 990. The molecule has 140 valence electrons. The van der Waals surface area contributed by atoms with Crippen LogP contribution in [0.3, 0.4) is 0 Å². The van der Waals surface area contributed by atoms with Crippen molar-refractivity contribution >= 4 is 21.6 Å². The lowest BCUT2D eigenvalue weighted by Gasteiger charge is -2.06. The number of hydrogen-bond donors (Lipinski definition) is 3. The van der Waals surface area contributed by atoms with Gasteiger partial charge in [0, 0.05) is 18.4 Å². The van der Waals surface area contributed by atoms with Gasteiger partial charge in [-0.1, -0.05) is 29.8 Å². The second kappa shape index (κ2) is 8.98. The average molecular weight is 384 g/mol. The maximum Gasteiger partial charge on any atom is 0.267 e. The smallest absolute Gasteiger partial charge is 0.267 e. The molecule has 0 fully saturated rings. The number of nitriles is 1. The molecule has 2 aromatic rings. The molecule has 2 aromatic carbocycles. The van der Waals surface area contributed by atoms with Crippen LogP contribution in [0.1, 0.15) is 11.1 Å². The van der Waals surface area contributed by atoms with Gasteiger partial charge in [-0.2, -0.15) is 5.26 Å². The number of sulfonamides is 1. The molecule has 0 aliphatic carbocycles. The fourth-order valence-corrected chi connectivity index (χ4v) is 2.85. The predicted octanol–water partition coefficient (Wildman–Crippen LogP) is 1.82. The molecule has 1 amide bonds. The summed E-state index contributed by atoms with van der Waals surface area (Å²) in [5.74, 6) is -0.594. The normalized spacial score (nSPS) is 11.5. The molecule has 2 rings (SSSR count). The van der Waals surface area contributed by atoms with E-state index in [4.69, 9.17) is 10.4 Å². The molecule has 0 saturated carbocycles. The highest BCUT2D eigenvalue weighted by molar-refractivity contribution is 7.89. The lowest BCUT2D eigenvalue weighted by Crippen LogP contribution is -2.18. The average Bonchev–Trinajstić information content (AvgIpc) is 2.61. The standard InChI is InChI=1S/C19H20N4O3S/c1-14-3-2-4-15(11-14)9-10-22-13-16(12-20)19(24)23-17-5-7-18(8-6-17)27(21,25)26/h2-8,11,13,22H,9-10H2,1H3,(H,23,24)(H2,21,25,26)/b16-13-. The van der Waals surface area contributed by atoms with Crippen LogP contribution in [0.4, 0.5) is 5.69 Å². The zero-order valence-electron chi connectivity index (χ0n) is 14.8. The molecular weight excluding hydrogens is 364 g/mol. The Balaban J connectivity index is 1.93. The summed E-state index contributed by atoms with van der Waals surface area (Å²) in [6.07, 6.45) is 2.12. The summed E-state index contributed by atoms with van der Waals surface area (Å²) in [6, 6.07) is 15.3. The third kappa shape index (κ3) is 6.26. The van der Waals surface area contributed by atoms with Crippen molar-refractivity contribution in [1.29, 1.82) is 5.26 Å². The molecule has 8 heteroatoms. The highest BCUT2D eigenvalue weighted by Gasteiger charge is 2.11. The van der Waals surface area contributed by atoms with E-state index in [1.807, 2.05) is 31.2 Å². The van der Waals surface area contributed by atoms with Crippen LogP contribution in [0, 0.1) is 18.3 Å². The van der Waals surface area contributed by atoms with Crippen LogP contribution < -0.4 is 15.8 Å². The van der Waals surface area contributed by atoms with E-state index in [0.717, 1.165) is 12.0 Å². The number of carbonyl (C=O) groups excluding carboxylic acids is 1. The van der Waals surface area contributed by atoms with Crippen LogP contribution in [0.15, 0.2) is 65.2 Å². The van der Waals surface area contributed by atoms with Gasteiger partial charge in [-0.15, -0.1) is 0 Å². The van der Waals surface area contributed by atoms with Crippen molar-refractivity contribution in [2.45, 2.75) is 18.2 Å². The fraction of sp³-hybridized carbons (Fsp3) is 0.158. The maximum atomic E-state index is 12.1. The minimum atomic E-state index is -3.80. The Morgan fingerprint density at radius 2 is 1.93 bits per heavy atom. The van der Waals surface area contributed by atoms with E-state index in [0.29, 0.717) is 12.2 Å². The fourth-order valence-electron chi connectivity index (χ4n) is 2.33. The predicted molar refractivity (Wildman–Crippen MR) is 103 cm³/mol. The van der Waals surface area contributed by atoms with Crippen LogP contribution in [-0.2, 0) is 21.2 Å². The first-order valence-electron chi connectivity index (χ1n) is 8.13. The Hall–Kier alpha value is -3.15. The first-order valence-corrected chi connectivity index (χ1v) is 9.67. The molecule has 0 heterocycles. The molecule has 0 aliphatic heterocycles. The molecule has 0 unspecified atom stereocenters. The second-order valence-corrected chi connectivity index (χ2v) is 7.45. The number of primary sulfonamides is 1. The number of nitrogens with two attached hydrogens (primary N) is 1. The lowest BCUT2D eigenvalue weighted by atomic mass is 10.1. The van der Waals surface area contributed by atoms with E-state index in [2.05, 4.69) is 16.7 Å². The third-order valence-corrected chi connectivity index (χ3v) is 4.62. The summed E-state index contributed by atoms with van der Waals surface area (Å²) in [6.45, 7) is 2.59. The molecule has 0 atom stereocenters. The van der Waals surface area contributed by atoms with Crippen LogP contribution in [-0.4, -0.2) is 20.9 Å². The van der Waals surface area contributed by atoms with E-state index < -0.39 is 15.9 Å². The zero-order chi connectivity index (χ0) is 19.9. The van der Waals surface area contributed by atoms with E-state index in [1.165, 1.54) is 36.0 Å². The van der Waals surface area contributed by atoms with Crippen molar-refractivity contribution in [3.8, 4) is 6.07 Å². The molecule has 0 radical (unpaired) electrons. The van der Waals surface area contributed by atoms with Gasteiger partial charge in [-0.05, 0) is 43.2 Å². The van der Waals surface area contributed by atoms with E-state index in [9.17, 15) is 13.2 Å². The second-order valence-electron chi connectivity index (χ2n) is 5.89. The van der Waals surface area contributed by atoms with Gasteiger partial charge in [-0.3, -0.25) is 4.79 Å². The molecule has 0 spiro atoms. The number of amides is 1. The van der Waals surface area contributed by atoms with Crippen molar-refractivity contribution in [1.82, 2.24) is 5.32 Å². The lowest BCUT2D eigenvalue weighted by molar-refractivity contribution is -0.112. The van der Waals surface area contributed by atoms with Gasteiger partial charge < -0.3 is 10.6 Å². The maximum absolute atomic E-state index is 12.1. The Morgan fingerprint density at radius 1 is 1.22 bits per heavy atom. The van der Waals surface area contributed by atoms with E-state index >= 15 is 0 Å². The van der Waals surface area contributed by atoms with Crippen LogP contribution in [0.25, 0.3) is 0 Å². The number of rotatable bonds is 7. The highest BCUT2D eigenvalue weighted by Crippen LogP contribution is 2.13. The summed E-state index contributed by atoms with van der Waals surface area (Å²) in [5, 5.41) is 19.7. The van der Waals surface area contributed by atoms with Gasteiger partial charge in [0.15, 0.2) is 0 Å². The summed E-state index contributed by atoms with van der Waals surface area (Å²) in [7, 11) is -3.80. The van der Waals surface area contributed by atoms with Crippen molar-refractivity contribution in [2.75, 3.05) is 11.9 Å². The summed E-state index contributed by atoms with van der Waals surface area (Å²) >= 11 is 0. The van der Waals surface area contributed by atoms with Crippen LogP contribution >= 0.6 is 0 Å². The molecule has 0 aliphatic rings. The van der Waals surface area contributed by atoms with Crippen LogP contribution in [0.2, 0.25) is 0 Å². The highest BCUT2D eigenvalue weighted by atomic mass is 32.2. The summed E-state index contributed by atoms with van der Waals surface area (Å²) in [5.41, 5.74) is 2.60. The van der Waals surface area contributed by atoms with Crippen LogP contribution in [0.5, 0.6) is 0 Å². The molecule has 7 nitrogen and oxygen atoms in total. The first kappa shape index (κ1) is 20.2. The largest absolute Gasteiger partial charge is 0.389 e. The molecule has 0 bridgehead atoms. The number of nitrogens with zero attached hydrogens (tertiary/aromatic N) is 1. The molecular formula is C19H20N4O3S. The van der Waals surface area contributed by atoms with Gasteiger partial charge in [0.25, 0.3) is 5.91 Å². The number of hydrogen-bond acceptors (Lipinski definition) is 5. The molecule has 0 aromatic heterocycles. The van der Waals surface area contributed by atoms with Gasteiger partial charge in [0.1, 0.15) is 11.6 Å². The SMILES string of the molecule is Cc1cccc(CCN/C=C(/C#N)C(=O)Nc2ccc(S(N)(=O)=O)cc2)c1. The molecule has 0 saturated heterocycles. The Morgan fingerprint density at radius 3 is 2.52 bits per heavy atom. The van der Waals surface area contributed by atoms with Crippen molar-refractivity contribution in [2.24, 2.45) is 5.14 Å². The third-order valence-electron chi connectivity index (χ3n) is 3.69. The number of nitrogens with one attached hydrogen (secondary N) is 2. The minimum Gasteiger partial charge on any atom is -0.389 e. The van der Waals surface area contributed by atoms with Crippen molar-refractivity contribution in [3.05, 3.63) is 71.4 Å². The Labute approximate surface area is 158 Å². The van der Waals surface area contributed by atoms with Crippen molar-refractivity contribution < 1.29 is 13.2 Å². The zero-order valence-corrected chi connectivity index (χ0v) is 15.6. The van der Waals surface area contributed by atoms with Gasteiger partial charge >= 0.3 is 0 Å². The molecule has 4 N–H and O–H groups in total. The molecule has 27 heavy (non-hydrogen) atoms. The van der Waals surface area contributed by atoms with Crippen molar-refractivity contribution in [3.63, 3.8) is 0 Å².